The summed E-state index contributed by atoms with van der Waals surface area (Å²) in [6.45, 7) is 1.70. The fourth-order valence-electron chi connectivity index (χ4n) is 2.15. The zero-order valence-electron chi connectivity index (χ0n) is 12.0. The molecule has 2 N–H and O–H groups in total. The molecule has 3 rings (SSSR count). The van der Waals surface area contributed by atoms with Crippen LogP contribution in [0.2, 0.25) is 5.02 Å². The number of H-pyrrole nitrogens is 1. The second-order valence-electron chi connectivity index (χ2n) is 5.09. The SMILES string of the molecule is CC(O)(c1ccc(Oc2ccc(Cl)cc2)cc1)c1ncc[nH]1. The van der Waals surface area contributed by atoms with Crippen LogP contribution in [0.15, 0.2) is 60.9 Å². The molecule has 0 spiro atoms. The first-order chi connectivity index (χ1) is 10.6. The number of hydrogen-bond donors (Lipinski definition) is 2. The molecule has 1 aromatic heterocycles. The molecule has 3 aromatic rings. The number of rotatable bonds is 4. The summed E-state index contributed by atoms with van der Waals surface area (Å²) < 4.78 is 5.73. The van der Waals surface area contributed by atoms with Crippen molar-refractivity contribution in [2.75, 3.05) is 0 Å². The predicted octanol–water partition coefficient (Wildman–Crippen LogP) is 4.11. The van der Waals surface area contributed by atoms with Gasteiger partial charge in [0.1, 0.15) is 22.9 Å². The van der Waals surface area contributed by atoms with E-state index in [1.807, 2.05) is 12.1 Å². The summed E-state index contributed by atoms with van der Waals surface area (Å²) in [5.74, 6) is 1.88. The van der Waals surface area contributed by atoms with E-state index in [0.717, 1.165) is 5.56 Å². The molecule has 0 radical (unpaired) electrons. The quantitative estimate of drug-likeness (QED) is 0.762. The van der Waals surface area contributed by atoms with Crippen LogP contribution in [-0.2, 0) is 5.60 Å². The monoisotopic (exact) mass is 314 g/mol. The number of imidazole rings is 1. The Balaban J connectivity index is 1.79. The molecule has 0 saturated heterocycles. The van der Waals surface area contributed by atoms with E-state index in [9.17, 15) is 5.11 Å². The lowest BCUT2D eigenvalue weighted by Gasteiger charge is -2.21. The van der Waals surface area contributed by atoms with Crippen LogP contribution in [0.5, 0.6) is 11.5 Å². The van der Waals surface area contributed by atoms with Crippen molar-refractivity contribution in [2.24, 2.45) is 0 Å². The van der Waals surface area contributed by atoms with E-state index >= 15 is 0 Å². The topological polar surface area (TPSA) is 58.1 Å². The van der Waals surface area contributed by atoms with Crippen molar-refractivity contribution in [2.45, 2.75) is 12.5 Å². The number of hydrogen-bond acceptors (Lipinski definition) is 3. The molecule has 1 heterocycles. The zero-order chi connectivity index (χ0) is 15.6. The largest absolute Gasteiger partial charge is 0.457 e. The van der Waals surface area contributed by atoms with E-state index in [2.05, 4.69) is 9.97 Å². The number of aromatic amines is 1. The fraction of sp³-hybridized carbons (Fsp3) is 0.118. The van der Waals surface area contributed by atoms with E-state index in [1.54, 1.807) is 55.7 Å². The molecule has 112 valence electrons. The molecular formula is C17H15ClN2O2. The van der Waals surface area contributed by atoms with Crippen LogP contribution in [-0.4, -0.2) is 15.1 Å². The van der Waals surface area contributed by atoms with Crippen molar-refractivity contribution in [1.29, 1.82) is 0 Å². The summed E-state index contributed by atoms with van der Waals surface area (Å²) in [4.78, 5) is 7.04. The maximum Gasteiger partial charge on any atom is 0.144 e. The minimum atomic E-state index is -1.18. The van der Waals surface area contributed by atoms with E-state index in [0.29, 0.717) is 22.3 Å². The van der Waals surface area contributed by atoms with E-state index < -0.39 is 5.60 Å². The van der Waals surface area contributed by atoms with Gasteiger partial charge < -0.3 is 14.8 Å². The summed E-state index contributed by atoms with van der Waals surface area (Å²) in [6, 6.07) is 14.4. The van der Waals surface area contributed by atoms with Crippen molar-refractivity contribution in [3.05, 3.63) is 77.3 Å². The Morgan fingerprint density at radius 2 is 1.64 bits per heavy atom. The van der Waals surface area contributed by atoms with E-state index in [-0.39, 0.29) is 0 Å². The number of halogens is 1. The molecule has 0 amide bonds. The van der Waals surface area contributed by atoms with Crippen molar-refractivity contribution >= 4 is 11.6 Å². The Kier molecular flexibility index (Phi) is 3.88. The van der Waals surface area contributed by atoms with Gasteiger partial charge in [0.15, 0.2) is 0 Å². The Labute approximate surface area is 133 Å². The molecule has 5 heteroatoms. The highest BCUT2D eigenvalue weighted by Crippen LogP contribution is 2.29. The number of aliphatic hydroxyl groups is 1. The average molecular weight is 315 g/mol. The van der Waals surface area contributed by atoms with Crippen LogP contribution in [0.3, 0.4) is 0 Å². The first-order valence-electron chi connectivity index (χ1n) is 6.82. The van der Waals surface area contributed by atoms with Crippen molar-refractivity contribution < 1.29 is 9.84 Å². The van der Waals surface area contributed by atoms with Gasteiger partial charge in [-0.3, -0.25) is 0 Å². The van der Waals surface area contributed by atoms with Gasteiger partial charge in [0.25, 0.3) is 0 Å². The number of aromatic nitrogens is 2. The molecule has 0 saturated carbocycles. The molecule has 4 nitrogen and oxygen atoms in total. The maximum atomic E-state index is 10.6. The molecule has 0 aliphatic rings. The number of nitrogens with zero attached hydrogens (tertiary/aromatic N) is 1. The highest BCUT2D eigenvalue weighted by Gasteiger charge is 2.28. The second kappa shape index (κ2) is 5.83. The summed E-state index contributed by atoms with van der Waals surface area (Å²) in [5, 5.41) is 11.3. The van der Waals surface area contributed by atoms with Crippen LogP contribution in [0.1, 0.15) is 18.3 Å². The third-order valence-corrected chi connectivity index (χ3v) is 3.68. The smallest absolute Gasteiger partial charge is 0.144 e. The molecule has 1 unspecified atom stereocenters. The predicted molar refractivity (Wildman–Crippen MR) is 85.2 cm³/mol. The Bertz CT molecular complexity index is 735. The fourth-order valence-corrected chi connectivity index (χ4v) is 2.28. The molecule has 0 aliphatic heterocycles. The molecule has 0 aliphatic carbocycles. The van der Waals surface area contributed by atoms with Crippen molar-refractivity contribution in [1.82, 2.24) is 9.97 Å². The van der Waals surface area contributed by atoms with Crippen molar-refractivity contribution in [3.8, 4) is 11.5 Å². The third kappa shape index (κ3) is 2.98. The van der Waals surface area contributed by atoms with Crippen LogP contribution < -0.4 is 4.74 Å². The zero-order valence-corrected chi connectivity index (χ0v) is 12.7. The van der Waals surface area contributed by atoms with Crippen LogP contribution in [0.25, 0.3) is 0 Å². The van der Waals surface area contributed by atoms with E-state index in [1.165, 1.54) is 0 Å². The van der Waals surface area contributed by atoms with Crippen LogP contribution in [0.4, 0.5) is 0 Å². The molecule has 0 bridgehead atoms. The highest BCUT2D eigenvalue weighted by molar-refractivity contribution is 6.30. The normalized spacial score (nSPS) is 13.6. The summed E-state index contributed by atoms with van der Waals surface area (Å²) in [7, 11) is 0. The van der Waals surface area contributed by atoms with Gasteiger partial charge in [0.2, 0.25) is 0 Å². The Morgan fingerprint density at radius 3 is 2.18 bits per heavy atom. The molecule has 2 aromatic carbocycles. The van der Waals surface area contributed by atoms with Gasteiger partial charge in [-0.15, -0.1) is 0 Å². The minimum Gasteiger partial charge on any atom is -0.457 e. The van der Waals surface area contributed by atoms with E-state index in [4.69, 9.17) is 16.3 Å². The first kappa shape index (κ1) is 14.6. The lowest BCUT2D eigenvalue weighted by Crippen LogP contribution is -2.24. The summed E-state index contributed by atoms with van der Waals surface area (Å²) >= 11 is 5.84. The molecule has 22 heavy (non-hydrogen) atoms. The molecule has 0 fully saturated rings. The number of ether oxygens (including phenoxy) is 1. The summed E-state index contributed by atoms with van der Waals surface area (Å²) in [6.07, 6.45) is 3.30. The molecular weight excluding hydrogens is 300 g/mol. The average Bonchev–Trinajstić information content (AvgIpc) is 3.05. The second-order valence-corrected chi connectivity index (χ2v) is 5.53. The molecule has 1 atom stereocenters. The lowest BCUT2D eigenvalue weighted by molar-refractivity contribution is 0.0931. The number of benzene rings is 2. The van der Waals surface area contributed by atoms with Crippen LogP contribution >= 0.6 is 11.6 Å². The first-order valence-corrected chi connectivity index (χ1v) is 7.20. The number of nitrogens with one attached hydrogen (secondary N) is 1. The van der Waals surface area contributed by atoms with Crippen molar-refractivity contribution in [3.63, 3.8) is 0 Å². The van der Waals surface area contributed by atoms with Gasteiger partial charge in [-0.25, -0.2) is 4.98 Å². The van der Waals surface area contributed by atoms with Gasteiger partial charge >= 0.3 is 0 Å². The van der Waals surface area contributed by atoms with Gasteiger partial charge in [-0.05, 0) is 48.9 Å². The Hall–Kier alpha value is -2.30. The third-order valence-electron chi connectivity index (χ3n) is 3.43. The van der Waals surface area contributed by atoms with Gasteiger partial charge in [-0.1, -0.05) is 23.7 Å². The summed E-state index contributed by atoms with van der Waals surface area (Å²) in [5.41, 5.74) is -0.451. The minimum absolute atomic E-state index is 0.499. The van der Waals surface area contributed by atoms with Gasteiger partial charge in [0.05, 0.1) is 0 Å². The van der Waals surface area contributed by atoms with Gasteiger partial charge in [0, 0.05) is 17.4 Å². The standard InChI is InChI=1S/C17H15ClN2O2/c1-17(21,16-19-10-11-20-16)12-2-6-14(7-3-12)22-15-8-4-13(18)5-9-15/h2-11,21H,1H3,(H,19,20). The lowest BCUT2D eigenvalue weighted by atomic mass is 9.95. The van der Waals surface area contributed by atoms with Gasteiger partial charge in [-0.2, -0.15) is 0 Å². The highest BCUT2D eigenvalue weighted by atomic mass is 35.5. The van der Waals surface area contributed by atoms with Crippen LogP contribution in [0, 0.1) is 0 Å². The Morgan fingerprint density at radius 1 is 1.05 bits per heavy atom. The maximum absolute atomic E-state index is 10.6.